The Morgan fingerprint density at radius 1 is 1.05 bits per heavy atom. The van der Waals surface area contributed by atoms with E-state index in [-0.39, 0.29) is 5.69 Å². The van der Waals surface area contributed by atoms with E-state index in [1.54, 1.807) is 4.90 Å². The number of halogens is 3. The molecule has 1 saturated carbocycles. The van der Waals surface area contributed by atoms with Crippen LogP contribution >= 0.6 is 0 Å². The van der Waals surface area contributed by atoms with Crippen molar-refractivity contribution in [2.45, 2.75) is 25.3 Å². The van der Waals surface area contributed by atoms with Crippen molar-refractivity contribution in [3.63, 3.8) is 0 Å². The van der Waals surface area contributed by atoms with E-state index in [2.05, 4.69) is 5.32 Å². The summed E-state index contributed by atoms with van der Waals surface area (Å²) in [6.45, 7) is 2.31. The molecule has 1 aromatic rings. The summed E-state index contributed by atoms with van der Waals surface area (Å²) in [4.78, 5) is 1.80. The molecule has 2 aliphatic rings. The van der Waals surface area contributed by atoms with Gasteiger partial charge in [-0.1, -0.05) is 0 Å². The molecule has 1 aromatic carbocycles. The highest BCUT2D eigenvalue weighted by atomic mass is 19.2. The molecule has 1 saturated heterocycles. The first-order valence-corrected chi connectivity index (χ1v) is 6.76. The molecular weight excluding hydrogens is 253 g/mol. The van der Waals surface area contributed by atoms with Gasteiger partial charge in [-0.25, -0.2) is 13.2 Å². The van der Waals surface area contributed by atoms with E-state index in [1.807, 2.05) is 0 Å². The zero-order valence-corrected chi connectivity index (χ0v) is 10.6. The van der Waals surface area contributed by atoms with Gasteiger partial charge in [0.2, 0.25) is 0 Å². The van der Waals surface area contributed by atoms with Crippen LogP contribution in [0.15, 0.2) is 12.1 Å². The first kappa shape index (κ1) is 12.8. The van der Waals surface area contributed by atoms with Gasteiger partial charge >= 0.3 is 0 Å². The second kappa shape index (κ2) is 5.04. The van der Waals surface area contributed by atoms with Crippen molar-refractivity contribution in [1.29, 1.82) is 0 Å². The van der Waals surface area contributed by atoms with E-state index in [9.17, 15) is 13.2 Å². The molecule has 2 nitrogen and oxygen atoms in total. The summed E-state index contributed by atoms with van der Waals surface area (Å²) in [7, 11) is 0. The Labute approximate surface area is 110 Å². The fraction of sp³-hybridized carbons (Fsp3) is 0.571. The zero-order valence-electron chi connectivity index (χ0n) is 10.6. The SMILES string of the molecule is Fc1cc(F)c(N2CCC(CNC3CC3)C2)cc1F. The Bertz CT molecular complexity index is 474. The van der Waals surface area contributed by atoms with Crippen LogP contribution in [-0.2, 0) is 0 Å². The highest BCUT2D eigenvalue weighted by Crippen LogP contribution is 2.28. The molecule has 3 rings (SSSR count). The third kappa shape index (κ3) is 2.86. The zero-order chi connectivity index (χ0) is 13.4. The van der Waals surface area contributed by atoms with Crippen LogP contribution in [0.1, 0.15) is 19.3 Å². The van der Waals surface area contributed by atoms with Crippen LogP contribution in [0.25, 0.3) is 0 Å². The number of hydrogen-bond donors (Lipinski definition) is 1. The standard InChI is InChI=1S/C14H17F3N2/c15-11-5-13(17)14(6-12(11)16)19-4-3-9(8-19)7-18-10-1-2-10/h5-6,9-10,18H,1-4,7-8H2. The van der Waals surface area contributed by atoms with Crippen molar-refractivity contribution in [3.8, 4) is 0 Å². The average molecular weight is 270 g/mol. The maximum Gasteiger partial charge on any atom is 0.161 e. The van der Waals surface area contributed by atoms with Gasteiger partial charge in [-0.3, -0.25) is 0 Å². The molecule has 19 heavy (non-hydrogen) atoms. The van der Waals surface area contributed by atoms with Crippen molar-refractivity contribution in [2.75, 3.05) is 24.5 Å². The van der Waals surface area contributed by atoms with Gasteiger partial charge in [0.25, 0.3) is 0 Å². The summed E-state index contributed by atoms with van der Waals surface area (Å²) in [6.07, 6.45) is 3.45. The number of nitrogens with one attached hydrogen (secondary N) is 1. The minimum absolute atomic E-state index is 0.174. The number of rotatable bonds is 4. The van der Waals surface area contributed by atoms with Gasteiger partial charge in [0, 0.05) is 31.3 Å². The van der Waals surface area contributed by atoms with E-state index in [0.29, 0.717) is 31.1 Å². The second-order valence-corrected chi connectivity index (χ2v) is 5.50. The molecule has 1 unspecified atom stereocenters. The van der Waals surface area contributed by atoms with Crippen molar-refractivity contribution in [1.82, 2.24) is 5.32 Å². The molecule has 1 aliphatic heterocycles. The Balaban J connectivity index is 1.64. The van der Waals surface area contributed by atoms with E-state index in [4.69, 9.17) is 0 Å². The van der Waals surface area contributed by atoms with Crippen LogP contribution in [-0.4, -0.2) is 25.7 Å². The lowest BCUT2D eigenvalue weighted by molar-refractivity contribution is 0.493. The topological polar surface area (TPSA) is 15.3 Å². The van der Waals surface area contributed by atoms with Gasteiger partial charge < -0.3 is 10.2 Å². The molecule has 5 heteroatoms. The summed E-state index contributed by atoms with van der Waals surface area (Å²) in [5, 5.41) is 3.45. The molecule has 1 heterocycles. The molecule has 2 fully saturated rings. The van der Waals surface area contributed by atoms with Gasteiger partial charge in [0.05, 0.1) is 5.69 Å². The van der Waals surface area contributed by atoms with Gasteiger partial charge in [0.15, 0.2) is 11.6 Å². The van der Waals surface area contributed by atoms with Crippen LogP contribution in [0.5, 0.6) is 0 Å². The van der Waals surface area contributed by atoms with Crippen molar-refractivity contribution >= 4 is 5.69 Å². The summed E-state index contributed by atoms with van der Waals surface area (Å²) < 4.78 is 39.8. The quantitative estimate of drug-likeness (QED) is 0.846. The van der Waals surface area contributed by atoms with Gasteiger partial charge in [-0.2, -0.15) is 0 Å². The lowest BCUT2D eigenvalue weighted by Crippen LogP contribution is -2.28. The van der Waals surface area contributed by atoms with E-state index >= 15 is 0 Å². The van der Waals surface area contributed by atoms with Crippen molar-refractivity contribution in [3.05, 3.63) is 29.6 Å². The number of benzene rings is 1. The Morgan fingerprint density at radius 2 is 1.79 bits per heavy atom. The Morgan fingerprint density at radius 3 is 2.53 bits per heavy atom. The predicted molar refractivity (Wildman–Crippen MR) is 67.7 cm³/mol. The van der Waals surface area contributed by atoms with E-state index in [0.717, 1.165) is 19.0 Å². The number of hydrogen-bond acceptors (Lipinski definition) is 2. The molecule has 104 valence electrons. The highest BCUT2D eigenvalue weighted by Gasteiger charge is 2.28. The largest absolute Gasteiger partial charge is 0.369 e. The molecule has 1 atom stereocenters. The maximum absolute atomic E-state index is 13.7. The molecule has 0 bridgehead atoms. The average Bonchev–Trinajstić information content (AvgIpc) is 3.09. The molecule has 1 N–H and O–H groups in total. The number of anilines is 1. The monoisotopic (exact) mass is 270 g/mol. The lowest BCUT2D eigenvalue weighted by atomic mass is 10.1. The predicted octanol–water partition coefficient (Wildman–Crippen LogP) is 2.68. The first-order chi connectivity index (χ1) is 9.13. The van der Waals surface area contributed by atoms with Crippen LogP contribution in [0.2, 0.25) is 0 Å². The van der Waals surface area contributed by atoms with Crippen LogP contribution < -0.4 is 10.2 Å². The molecule has 0 aromatic heterocycles. The summed E-state index contributed by atoms with van der Waals surface area (Å²) >= 11 is 0. The molecule has 0 radical (unpaired) electrons. The summed E-state index contributed by atoms with van der Waals surface area (Å²) in [6, 6.07) is 2.25. The minimum Gasteiger partial charge on any atom is -0.369 e. The Hall–Kier alpha value is -1.23. The smallest absolute Gasteiger partial charge is 0.161 e. The highest BCUT2D eigenvalue weighted by molar-refractivity contribution is 5.49. The fourth-order valence-corrected chi connectivity index (χ4v) is 2.59. The Kier molecular flexibility index (Phi) is 3.39. The molecule has 1 aliphatic carbocycles. The van der Waals surface area contributed by atoms with Gasteiger partial charge in [-0.15, -0.1) is 0 Å². The third-order valence-corrected chi connectivity index (χ3v) is 3.89. The van der Waals surface area contributed by atoms with E-state index < -0.39 is 17.5 Å². The minimum atomic E-state index is -1.13. The van der Waals surface area contributed by atoms with Crippen LogP contribution in [0.4, 0.5) is 18.9 Å². The summed E-state index contributed by atoms with van der Waals surface area (Å²) in [5.74, 6) is -2.36. The van der Waals surface area contributed by atoms with E-state index in [1.165, 1.54) is 12.8 Å². The van der Waals surface area contributed by atoms with Crippen LogP contribution in [0, 0.1) is 23.4 Å². The van der Waals surface area contributed by atoms with Crippen LogP contribution in [0.3, 0.4) is 0 Å². The van der Waals surface area contributed by atoms with Gasteiger partial charge in [0.1, 0.15) is 5.82 Å². The maximum atomic E-state index is 13.7. The number of nitrogens with zero attached hydrogens (tertiary/aromatic N) is 1. The lowest BCUT2D eigenvalue weighted by Gasteiger charge is -2.19. The van der Waals surface area contributed by atoms with Crippen molar-refractivity contribution < 1.29 is 13.2 Å². The third-order valence-electron chi connectivity index (χ3n) is 3.89. The van der Waals surface area contributed by atoms with Gasteiger partial charge in [-0.05, 0) is 31.7 Å². The molecule has 0 spiro atoms. The van der Waals surface area contributed by atoms with Crippen molar-refractivity contribution in [2.24, 2.45) is 5.92 Å². The fourth-order valence-electron chi connectivity index (χ4n) is 2.59. The summed E-state index contributed by atoms with van der Waals surface area (Å²) in [5.41, 5.74) is 0.174. The molecule has 0 amide bonds. The molecular formula is C14H17F3N2. The first-order valence-electron chi connectivity index (χ1n) is 6.76. The normalized spacial score (nSPS) is 23.1. The second-order valence-electron chi connectivity index (χ2n) is 5.50.